The van der Waals surface area contributed by atoms with Gasteiger partial charge in [0, 0.05) is 25.0 Å². The van der Waals surface area contributed by atoms with E-state index < -0.39 is 0 Å². The highest BCUT2D eigenvalue weighted by Gasteiger charge is 2.41. The van der Waals surface area contributed by atoms with Gasteiger partial charge in [0.1, 0.15) is 0 Å². The van der Waals surface area contributed by atoms with Crippen LogP contribution in [0.1, 0.15) is 57.8 Å². The van der Waals surface area contributed by atoms with Crippen molar-refractivity contribution in [3.05, 3.63) is 0 Å². The van der Waals surface area contributed by atoms with Crippen LogP contribution in [-0.2, 0) is 9.59 Å². The summed E-state index contributed by atoms with van der Waals surface area (Å²) in [5, 5.41) is 3.18. The summed E-state index contributed by atoms with van der Waals surface area (Å²) in [6, 6.07) is 0.795. The van der Waals surface area contributed by atoms with Crippen LogP contribution in [0.25, 0.3) is 0 Å². The molecule has 19 heavy (non-hydrogen) atoms. The first-order valence-corrected chi connectivity index (χ1v) is 7.84. The summed E-state index contributed by atoms with van der Waals surface area (Å²) in [6.45, 7) is 0.655. The summed E-state index contributed by atoms with van der Waals surface area (Å²) >= 11 is 0. The van der Waals surface area contributed by atoms with Gasteiger partial charge in [-0.3, -0.25) is 9.59 Å². The van der Waals surface area contributed by atoms with Crippen LogP contribution in [0.4, 0.5) is 0 Å². The molecule has 0 spiro atoms. The van der Waals surface area contributed by atoms with Crippen LogP contribution in [0.15, 0.2) is 0 Å². The molecule has 1 atom stereocenters. The normalized spacial score (nSPS) is 29.4. The van der Waals surface area contributed by atoms with E-state index in [1.807, 2.05) is 4.90 Å². The summed E-state index contributed by atoms with van der Waals surface area (Å²) in [5.41, 5.74) is 0. The second-order valence-electron chi connectivity index (χ2n) is 6.38. The fraction of sp³-hybridized carbons (Fsp3) is 0.867. The lowest BCUT2D eigenvalue weighted by Crippen LogP contribution is -2.39. The monoisotopic (exact) mass is 264 g/mol. The third kappa shape index (κ3) is 3.10. The van der Waals surface area contributed by atoms with Crippen LogP contribution in [0.2, 0.25) is 0 Å². The van der Waals surface area contributed by atoms with Crippen molar-refractivity contribution in [3.8, 4) is 0 Å². The number of amides is 2. The van der Waals surface area contributed by atoms with Crippen molar-refractivity contribution < 1.29 is 9.59 Å². The van der Waals surface area contributed by atoms with Crippen molar-refractivity contribution in [1.29, 1.82) is 0 Å². The molecule has 106 valence electrons. The third-order valence-corrected chi connectivity index (χ3v) is 4.72. The number of nitrogens with zero attached hydrogens (tertiary/aromatic N) is 1. The Bertz CT molecular complexity index is 357. The summed E-state index contributed by atoms with van der Waals surface area (Å²) < 4.78 is 0. The molecule has 3 rings (SSSR count). The SMILES string of the molecule is O=C(NC1CCCCCC1)C1CC(=O)N(C2CC2)C1. The summed E-state index contributed by atoms with van der Waals surface area (Å²) in [7, 11) is 0. The van der Waals surface area contributed by atoms with Gasteiger partial charge >= 0.3 is 0 Å². The van der Waals surface area contributed by atoms with Crippen LogP contribution in [0.3, 0.4) is 0 Å². The van der Waals surface area contributed by atoms with E-state index in [4.69, 9.17) is 0 Å². The van der Waals surface area contributed by atoms with Crippen LogP contribution in [0.5, 0.6) is 0 Å². The van der Waals surface area contributed by atoms with Crippen molar-refractivity contribution in [3.63, 3.8) is 0 Å². The number of nitrogens with one attached hydrogen (secondary N) is 1. The molecule has 1 saturated heterocycles. The zero-order valence-corrected chi connectivity index (χ0v) is 11.6. The number of carbonyl (C=O) groups excluding carboxylic acids is 2. The maximum atomic E-state index is 12.3. The first-order chi connectivity index (χ1) is 9.24. The quantitative estimate of drug-likeness (QED) is 0.791. The van der Waals surface area contributed by atoms with Crippen molar-refractivity contribution in [2.45, 2.75) is 69.9 Å². The van der Waals surface area contributed by atoms with E-state index in [0.717, 1.165) is 25.7 Å². The molecular weight excluding hydrogens is 240 g/mol. The van der Waals surface area contributed by atoms with Crippen molar-refractivity contribution in [1.82, 2.24) is 10.2 Å². The average molecular weight is 264 g/mol. The van der Waals surface area contributed by atoms with Gasteiger partial charge in [0.05, 0.1) is 5.92 Å². The number of hydrogen-bond acceptors (Lipinski definition) is 2. The van der Waals surface area contributed by atoms with E-state index in [0.29, 0.717) is 25.0 Å². The maximum absolute atomic E-state index is 12.3. The molecule has 0 aromatic heterocycles. The lowest BCUT2D eigenvalue weighted by atomic mass is 10.0. The Morgan fingerprint density at radius 3 is 2.37 bits per heavy atom. The molecule has 1 heterocycles. The van der Waals surface area contributed by atoms with Crippen LogP contribution >= 0.6 is 0 Å². The molecule has 0 bridgehead atoms. The van der Waals surface area contributed by atoms with Gasteiger partial charge in [-0.2, -0.15) is 0 Å². The van der Waals surface area contributed by atoms with Crippen molar-refractivity contribution in [2.24, 2.45) is 5.92 Å². The minimum atomic E-state index is -0.101. The van der Waals surface area contributed by atoms with E-state index in [2.05, 4.69) is 5.32 Å². The second kappa shape index (κ2) is 5.51. The predicted octanol–water partition coefficient (Wildman–Crippen LogP) is 1.84. The molecule has 0 aromatic carbocycles. The Morgan fingerprint density at radius 2 is 1.74 bits per heavy atom. The highest BCUT2D eigenvalue weighted by molar-refractivity contribution is 5.89. The molecule has 3 aliphatic rings. The topological polar surface area (TPSA) is 49.4 Å². The molecule has 2 aliphatic carbocycles. The fourth-order valence-electron chi connectivity index (χ4n) is 3.39. The van der Waals surface area contributed by atoms with Crippen LogP contribution in [0, 0.1) is 5.92 Å². The molecule has 2 saturated carbocycles. The second-order valence-corrected chi connectivity index (χ2v) is 6.38. The first-order valence-electron chi connectivity index (χ1n) is 7.84. The fourth-order valence-corrected chi connectivity index (χ4v) is 3.39. The molecule has 0 radical (unpaired) electrons. The van der Waals surface area contributed by atoms with Gasteiger partial charge in [0.15, 0.2) is 0 Å². The summed E-state index contributed by atoms with van der Waals surface area (Å²) in [4.78, 5) is 26.1. The Labute approximate surface area is 114 Å². The van der Waals surface area contributed by atoms with Gasteiger partial charge in [0.25, 0.3) is 0 Å². The van der Waals surface area contributed by atoms with Gasteiger partial charge in [-0.15, -0.1) is 0 Å². The molecule has 1 unspecified atom stereocenters. The number of likely N-dealkylation sites (tertiary alicyclic amines) is 1. The first kappa shape index (κ1) is 12.9. The zero-order valence-electron chi connectivity index (χ0n) is 11.6. The highest BCUT2D eigenvalue weighted by Crippen LogP contribution is 2.32. The van der Waals surface area contributed by atoms with Crippen LogP contribution in [-0.4, -0.2) is 35.3 Å². The Hall–Kier alpha value is -1.06. The predicted molar refractivity (Wildman–Crippen MR) is 72.5 cm³/mol. The Balaban J connectivity index is 1.51. The molecule has 4 heteroatoms. The lowest BCUT2D eigenvalue weighted by molar-refractivity contribution is -0.129. The van der Waals surface area contributed by atoms with E-state index in [1.54, 1.807) is 0 Å². The standard InChI is InChI=1S/C15H24N2O2/c18-14-9-11(10-17(14)13-7-8-13)15(19)16-12-5-3-1-2-4-6-12/h11-13H,1-10H2,(H,16,19). The molecular formula is C15H24N2O2. The minimum Gasteiger partial charge on any atom is -0.353 e. The minimum absolute atomic E-state index is 0.101. The van der Waals surface area contributed by atoms with E-state index in [-0.39, 0.29) is 17.7 Å². The number of rotatable bonds is 3. The number of carbonyl (C=O) groups is 2. The largest absolute Gasteiger partial charge is 0.353 e. The van der Waals surface area contributed by atoms with Gasteiger partial charge < -0.3 is 10.2 Å². The van der Waals surface area contributed by atoms with Gasteiger partial charge in [-0.05, 0) is 25.7 Å². The summed E-state index contributed by atoms with van der Waals surface area (Å²) in [6.07, 6.45) is 9.94. The smallest absolute Gasteiger partial charge is 0.225 e. The zero-order chi connectivity index (χ0) is 13.2. The van der Waals surface area contributed by atoms with E-state index >= 15 is 0 Å². The van der Waals surface area contributed by atoms with Gasteiger partial charge in [-0.25, -0.2) is 0 Å². The highest BCUT2D eigenvalue weighted by atomic mass is 16.2. The third-order valence-electron chi connectivity index (χ3n) is 4.72. The van der Waals surface area contributed by atoms with E-state index in [9.17, 15) is 9.59 Å². The van der Waals surface area contributed by atoms with Crippen molar-refractivity contribution in [2.75, 3.05) is 6.54 Å². The summed E-state index contributed by atoms with van der Waals surface area (Å²) in [5.74, 6) is 0.197. The lowest BCUT2D eigenvalue weighted by Gasteiger charge is -2.19. The molecule has 1 aliphatic heterocycles. The molecule has 3 fully saturated rings. The molecule has 1 N–H and O–H groups in total. The van der Waals surface area contributed by atoms with Gasteiger partial charge in [-0.1, -0.05) is 25.7 Å². The van der Waals surface area contributed by atoms with Gasteiger partial charge in [0.2, 0.25) is 11.8 Å². The van der Waals surface area contributed by atoms with E-state index in [1.165, 1.54) is 25.7 Å². The van der Waals surface area contributed by atoms with Crippen molar-refractivity contribution >= 4 is 11.8 Å². The Kier molecular flexibility index (Phi) is 3.76. The molecule has 0 aromatic rings. The number of hydrogen-bond donors (Lipinski definition) is 1. The Morgan fingerprint density at radius 1 is 1.05 bits per heavy atom. The molecule has 4 nitrogen and oxygen atoms in total. The molecule has 2 amide bonds. The van der Waals surface area contributed by atoms with Crippen LogP contribution < -0.4 is 5.32 Å². The maximum Gasteiger partial charge on any atom is 0.225 e. The average Bonchev–Trinajstić information content (AvgIpc) is 3.18.